The van der Waals surface area contributed by atoms with Gasteiger partial charge in [-0.15, -0.1) is 0 Å². The van der Waals surface area contributed by atoms with Crippen molar-refractivity contribution >= 4 is 27.5 Å². The van der Waals surface area contributed by atoms with E-state index < -0.39 is 27.9 Å². The summed E-state index contributed by atoms with van der Waals surface area (Å²) in [5.41, 5.74) is 1.75. The largest absolute Gasteiger partial charge is 0.324 e. The first-order chi connectivity index (χ1) is 12.8. The minimum atomic E-state index is -4.12. The summed E-state index contributed by atoms with van der Waals surface area (Å²) in [5, 5.41) is 11.4. The number of amides is 2. The minimum Gasteiger partial charge on any atom is -0.324 e. The number of carbonyl (C=O) groups excluding carboxylic acids is 2. The van der Waals surface area contributed by atoms with Crippen LogP contribution >= 0.6 is 0 Å². The predicted molar refractivity (Wildman–Crippen MR) is 98.0 cm³/mol. The number of nitrogens with zero attached hydrogens (tertiary/aromatic N) is 2. The van der Waals surface area contributed by atoms with Crippen LogP contribution in [0.1, 0.15) is 24.0 Å². The van der Waals surface area contributed by atoms with Gasteiger partial charge in [0.25, 0.3) is 10.0 Å². The maximum Gasteiger partial charge on any atom is 0.267 e. The van der Waals surface area contributed by atoms with Crippen molar-refractivity contribution in [2.75, 3.05) is 5.32 Å². The van der Waals surface area contributed by atoms with Gasteiger partial charge in [-0.3, -0.25) is 9.59 Å². The molecule has 0 bridgehead atoms. The monoisotopic (exact) mass is 383 g/mol. The zero-order valence-electron chi connectivity index (χ0n) is 14.5. The normalized spacial score (nSPS) is 16.8. The van der Waals surface area contributed by atoms with Crippen molar-refractivity contribution in [2.45, 2.75) is 30.7 Å². The second-order valence-electron chi connectivity index (χ2n) is 6.24. The number of rotatable bonds is 4. The van der Waals surface area contributed by atoms with E-state index in [-0.39, 0.29) is 17.7 Å². The average molecular weight is 383 g/mol. The smallest absolute Gasteiger partial charge is 0.267 e. The molecule has 1 saturated heterocycles. The lowest BCUT2D eigenvalue weighted by Crippen LogP contribution is -2.45. The Morgan fingerprint density at radius 1 is 1.15 bits per heavy atom. The topological polar surface area (TPSA) is 107 Å². The van der Waals surface area contributed by atoms with Gasteiger partial charge in [0.05, 0.1) is 16.5 Å². The summed E-state index contributed by atoms with van der Waals surface area (Å²) in [6.45, 7) is 1.82. The zero-order chi connectivity index (χ0) is 19.6. The van der Waals surface area contributed by atoms with E-state index in [2.05, 4.69) is 5.32 Å². The van der Waals surface area contributed by atoms with Crippen molar-refractivity contribution in [1.29, 1.82) is 5.26 Å². The number of carbonyl (C=O) groups is 2. The molecule has 1 aliphatic rings. The first-order valence-electron chi connectivity index (χ1n) is 8.28. The van der Waals surface area contributed by atoms with Crippen molar-refractivity contribution in [1.82, 2.24) is 4.31 Å². The fraction of sp³-hybridized carbons (Fsp3) is 0.211. The van der Waals surface area contributed by atoms with E-state index in [1.54, 1.807) is 24.3 Å². The van der Waals surface area contributed by atoms with Crippen LogP contribution in [0.3, 0.4) is 0 Å². The number of sulfonamides is 1. The number of anilines is 1. The summed E-state index contributed by atoms with van der Waals surface area (Å²) >= 11 is 0. The number of aryl methyl sites for hydroxylation is 1. The second-order valence-corrected chi connectivity index (χ2v) is 8.06. The number of hydrogen-bond donors (Lipinski definition) is 1. The van der Waals surface area contributed by atoms with Gasteiger partial charge in [0.1, 0.15) is 6.04 Å². The van der Waals surface area contributed by atoms with Crippen LogP contribution in [0.5, 0.6) is 0 Å². The molecular formula is C19H17N3O4S. The zero-order valence-corrected chi connectivity index (χ0v) is 15.4. The Labute approximate surface area is 157 Å². The van der Waals surface area contributed by atoms with Gasteiger partial charge in [0, 0.05) is 12.1 Å². The molecule has 2 aromatic rings. The Morgan fingerprint density at radius 2 is 1.78 bits per heavy atom. The molecule has 8 heteroatoms. The summed E-state index contributed by atoms with van der Waals surface area (Å²) in [6, 6.07) is 13.2. The van der Waals surface area contributed by atoms with Crippen LogP contribution in [-0.2, 0) is 19.6 Å². The van der Waals surface area contributed by atoms with Crippen molar-refractivity contribution < 1.29 is 18.0 Å². The minimum absolute atomic E-state index is 0.0173. The molecule has 2 aromatic carbocycles. The molecule has 2 amide bonds. The molecule has 1 aliphatic heterocycles. The van der Waals surface area contributed by atoms with E-state index in [9.17, 15) is 18.0 Å². The molecule has 27 heavy (non-hydrogen) atoms. The lowest BCUT2D eigenvalue weighted by atomic mass is 10.2. The highest BCUT2D eigenvalue weighted by atomic mass is 32.2. The third kappa shape index (κ3) is 3.68. The van der Waals surface area contributed by atoms with Crippen molar-refractivity contribution in [3.63, 3.8) is 0 Å². The van der Waals surface area contributed by atoms with E-state index in [0.29, 0.717) is 15.6 Å². The standard InChI is InChI=1S/C19H17N3O4S/c1-13-2-8-16(9-3-13)27(25,26)22-17(10-11-18(22)23)19(24)21-15-6-4-14(12-20)5-7-15/h2-9,17H,10-11H2,1H3,(H,21,24)/t17-/m0/s1. The summed E-state index contributed by atoms with van der Waals surface area (Å²) in [6.07, 6.45) is 0.0998. The van der Waals surface area contributed by atoms with Crippen LogP contribution in [0, 0.1) is 18.3 Å². The Hall–Kier alpha value is -3.18. The molecule has 138 valence electrons. The predicted octanol–water partition coefficient (Wildman–Crippen LogP) is 2.19. The van der Waals surface area contributed by atoms with Crippen LogP contribution in [0.25, 0.3) is 0 Å². The Bertz CT molecular complexity index is 1020. The van der Waals surface area contributed by atoms with Gasteiger partial charge in [0.2, 0.25) is 11.8 Å². The molecule has 0 spiro atoms. The molecule has 3 rings (SSSR count). The summed E-state index contributed by atoms with van der Waals surface area (Å²) < 4.78 is 26.5. The lowest BCUT2D eigenvalue weighted by molar-refractivity contribution is -0.128. The van der Waals surface area contributed by atoms with Crippen LogP contribution in [0.15, 0.2) is 53.4 Å². The molecule has 0 aliphatic carbocycles. The molecule has 0 radical (unpaired) electrons. The molecule has 0 saturated carbocycles. The van der Waals surface area contributed by atoms with E-state index in [1.165, 1.54) is 24.3 Å². The number of benzene rings is 2. The molecule has 1 fully saturated rings. The summed E-state index contributed by atoms with van der Waals surface area (Å²) in [5.74, 6) is -1.18. The number of hydrogen-bond acceptors (Lipinski definition) is 5. The fourth-order valence-electron chi connectivity index (χ4n) is 2.88. The molecule has 1 N–H and O–H groups in total. The summed E-state index contributed by atoms with van der Waals surface area (Å²) in [7, 11) is -4.12. The molecular weight excluding hydrogens is 366 g/mol. The molecule has 1 heterocycles. The van der Waals surface area contributed by atoms with Gasteiger partial charge < -0.3 is 5.32 Å². The lowest BCUT2D eigenvalue weighted by Gasteiger charge is -2.23. The Kier molecular flexibility index (Phi) is 4.97. The maximum absolute atomic E-state index is 12.9. The van der Waals surface area contributed by atoms with E-state index in [1.807, 2.05) is 13.0 Å². The quantitative estimate of drug-likeness (QED) is 0.871. The highest BCUT2D eigenvalue weighted by Gasteiger charge is 2.44. The molecule has 0 unspecified atom stereocenters. The fourth-order valence-corrected chi connectivity index (χ4v) is 4.48. The van der Waals surface area contributed by atoms with E-state index in [4.69, 9.17) is 5.26 Å². The molecule has 0 aromatic heterocycles. The average Bonchev–Trinajstić information content (AvgIpc) is 3.05. The van der Waals surface area contributed by atoms with Gasteiger partial charge in [-0.05, 0) is 49.7 Å². The van der Waals surface area contributed by atoms with Gasteiger partial charge >= 0.3 is 0 Å². The van der Waals surface area contributed by atoms with Crippen molar-refractivity contribution in [3.05, 3.63) is 59.7 Å². The van der Waals surface area contributed by atoms with Crippen LogP contribution in [0.2, 0.25) is 0 Å². The van der Waals surface area contributed by atoms with Gasteiger partial charge in [-0.25, -0.2) is 12.7 Å². The van der Waals surface area contributed by atoms with Crippen LogP contribution in [-0.4, -0.2) is 30.6 Å². The molecule has 1 atom stereocenters. The SMILES string of the molecule is Cc1ccc(S(=O)(=O)N2C(=O)CC[C@H]2C(=O)Nc2ccc(C#N)cc2)cc1. The third-order valence-electron chi connectivity index (χ3n) is 4.32. The highest BCUT2D eigenvalue weighted by molar-refractivity contribution is 7.89. The Balaban J connectivity index is 1.85. The van der Waals surface area contributed by atoms with Gasteiger partial charge in [-0.1, -0.05) is 17.7 Å². The van der Waals surface area contributed by atoms with Crippen molar-refractivity contribution in [2.24, 2.45) is 0 Å². The van der Waals surface area contributed by atoms with E-state index >= 15 is 0 Å². The maximum atomic E-state index is 12.9. The van der Waals surface area contributed by atoms with Gasteiger partial charge in [0.15, 0.2) is 0 Å². The Morgan fingerprint density at radius 3 is 2.37 bits per heavy atom. The number of nitrogens with one attached hydrogen (secondary N) is 1. The van der Waals surface area contributed by atoms with Crippen molar-refractivity contribution in [3.8, 4) is 6.07 Å². The third-order valence-corrected chi connectivity index (χ3v) is 6.17. The van der Waals surface area contributed by atoms with Crippen LogP contribution < -0.4 is 5.32 Å². The van der Waals surface area contributed by atoms with Crippen LogP contribution in [0.4, 0.5) is 5.69 Å². The highest BCUT2D eigenvalue weighted by Crippen LogP contribution is 2.28. The number of nitriles is 1. The second kappa shape index (κ2) is 7.21. The summed E-state index contributed by atoms with van der Waals surface area (Å²) in [4.78, 5) is 24.8. The first kappa shape index (κ1) is 18.6. The van der Waals surface area contributed by atoms with E-state index in [0.717, 1.165) is 5.56 Å². The first-order valence-corrected chi connectivity index (χ1v) is 9.72. The molecule has 7 nitrogen and oxygen atoms in total. The van der Waals surface area contributed by atoms with Gasteiger partial charge in [-0.2, -0.15) is 5.26 Å².